The number of hydrogen-bond donors (Lipinski definition) is 1. The van der Waals surface area contributed by atoms with Crippen LogP contribution < -0.4 is 5.32 Å². The Labute approximate surface area is 102 Å². The van der Waals surface area contributed by atoms with Gasteiger partial charge in [-0.3, -0.25) is 0 Å². The Balaban J connectivity index is 3.36. The molecule has 98 valence electrons. The number of nitrogens with zero attached hydrogens (tertiary/aromatic N) is 1. The smallest absolute Gasteiger partial charge is 0.0593 e. The largest absolute Gasteiger partial charge is 0.380 e. The minimum Gasteiger partial charge on any atom is -0.380 e. The Hall–Kier alpha value is -0.120. The number of ether oxygens (including phenoxy) is 1. The van der Waals surface area contributed by atoms with Gasteiger partial charge in [0.25, 0.3) is 0 Å². The topological polar surface area (TPSA) is 24.5 Å². The molecule has 0 aliphatic carbocycles. The number of nitrogens with one attached hydrogen (secondary N) is 1. The molecule has 0 aromatic heterocycles. The van der Waals surface area contributed by atoms with E-state index in [2.05, 4.69) is 31.1 Å². The molecule has 0 fully saturated rings. The molecule has 0 saturated carbocycles. The van der Waals surface area contributed by atoms with Gasteiger partial charge in [0, 0.05) is 19.2 Å². The molecule has 0 bridgehead atoms. The molecular formula is C13H30N2O. The highest BCUT2D eigenvalue weighted by Gasteiger charge is 2.07. The van der Waals surface area contributed by atoms with Gasteiger partial charge in [-0.25, -0.2) is 0 Å². The summed E-state index contributed by atoms with van der Waals surface area (Å²) in [7, 11) is 2.18. The van der Waals surface area contributed by atoms with Gasteiger partial charge in [-0.05, 0) is 53.2 Å². The second-order valence-electron chi connectivity index (χ2n) is 4.42. The van der Waals surface area contributed by atoms with Crippen molar-refractivity contribution < 1.29 is 4.74 Å². The molecule has 0 aliphatic rings. The van der Waals surface area contributed by atoms with Crippen LogP contribution in [0.4, 0.5) is 0 Å². The van der Waals surface area contributed by atoms with E-state index in [-0.39, 0.29) is 0 Å². The molecule has 1 unspecified atom stereocenters. The lowest BCUT2D eigenvalue weighted by Crippen LogP contribution is -2.32. The molecule has 1 atom stereocenters. The van der Waals surface area contributed by atoms with Crippen molar-refractivity contribution in [3.63, 3.8) is 0 Å². The summed E-state index contributed by atoms with van der Waals surface area (Å²) in [5, 5.41) is 3.44. The Bertz CT molecular complexity index is 142. The van der Waals surface area contributed by atoms with Crippen molar-refractivity contribution in [2.45, 2.75) is 46.1 Å². The van der Waals surface area contributed by atoms with E-state index >= 15 is 0 Å². The van der Waals surface area contributed by atoms with E-state index in [0.29, 0.717) is 6.04 Å². The van der Waals surface area contributed by atoms with Crippen LogP contribution in [0.5, 0.6) is 0 Å². The maximum atomic E-state index is 5.36. The molecule has 0 amide bonds. The summed E-state index contributed by atoms with van der Waals surface area (Å²) in [5.74, 6) is 0. The first-order valence-corrected chi connectivity index (χ1v) is 6.71. The van der Waals surface area contributed by atoms with Crippen LogP contribution in [0.15, 0.2) is 0 Å². The first-order valence-electron chi connectivity index (χ1n) is 6.71. The van der Waals surface area contributed by atoms with Crippen molar-refractivity contribution in [3.05, 3.63) is 0 Å². The molecule has 0 aliphatic heterocycles. The van der Waals surface area contributed by atoms with Crippen LogP contribution in [0.25, 0.3) is 0 Å². The fourth-order valence-electron chi connectivity index (χ4n) is 1.62. The summed E-state index contributed by atoms with van der Waals surface area (Å²) in [4.78, 5) is 2.38. The highest BCUT2D eigenvalue weighted by atomic mass is 16.5. The van der Waals surface area contributed by atoms with Crippen molar-refractivity contribution in [2.75, 3.05) is 39.9 Å². The van der Waals surface area contributed by atoms with Crippen LogP contribution in [-0.4, -0.2) is 50.8 Å². The molecule has 3 heteroatoms. The second kappa shape index (κ2) is 11.4. The first-order chi connectivity index (χ1) is 7.72. The van der Waals surface area contributed by atoms with Gasteiger partial charge in [0.2, 0.25) is 0 Å². The Kier molecular flexibility index (Phi) is 11.3. The molecule has 0 aromatic carbocycles. The fraction of sp³-hybridized carbons (Fsp3) is 1.00. The zero-order chi connectivity index (χ0) is 12.2. The molecule has 0 radical (unpaired) electrons. The lowest BCUT2D eigenvalue weighted by Gasteiger charge is -2.24. The molecule has 16 heavy (non-hydrogen) atoms. The van der Waals surface area contributed by atoms with E-state index in [9.17, 15) is 0 Å². The predicted molar refractivity (Wildman–Crippen MR) is 71.0 cm³/mol. The minimum atomic E-state index is 0.656. The fourth-order valence-corrected chi connectivity index (χ4v) is 1.62. The molecule has 0 spiro atoms. The lowest BCUT2D eigenvalue weighted by molar-refractivity contribution is 0.108. The van der Waals surface area contributed by atoms with Gasteiger partial charge in [0.15, 0.2) is 0 Å². The maximum absolute atomic E-state index is 5.36. The molecule has 1 N–H and O–H groups in total. The van der Waals surface area contributed by atoms with E-state index in [1.807, 2.05) is 6.92 Å². The van der Waals surface area contributed by atoms with Crippen LogP contribution in [0, 0.1) is 0 Å². The third kappa shape index (κ3) is 9.13. The Morgan fingerprint density at radius 1 is 1.25 bits per heavy atom. The van der Waals surface area contributed by atoms with E-state index in [4.69, 9.17) is 4.74 Å². The standard InChI is InChI=1S/C13H30N2O/c1-5-9-14-10-7-8-13(3)15(4)11-12-16-6-2/h13-14H,5-12H2,1-4H3. The van der Waals surface area contributed by atoms with Crippen LogP contribution >= 0.6 is 0 Å². The molecule has 0 heterocycles. The van der Waals surface area contributed by atoms with Gasteiger partial charge in [0.1, 0.15) is 0 Å². The molecule has 3 nitrogen and oxygen atoms in total. The van der Waals surface area contributed by atoms with Gasteiger partial charge in [-0.15, -0.1) is 0 Å². The average molecular weight is 230 g/mol. The summed E-state index contributed by atoms with van der Waals surface area (Å²) >= 11 is 0. The highest BCUT2D eigenvalue weighted by molar-refractivity contribution is 4.63. The van der Waals surface area contributed by atoms with Crippen LogP contribution in [0.1, 0.15) is 40.0 Å². The van der Waals surface area contributed by atoms with Crippen LogP contribution in [-0.2, 0) is 4.74 Å². The van der Waals surface area contributed by atoms with Crippen molar-refractivity contribution in [1.82, 2.24) is 10.2 Å². The van der Waals surface area contributed by atoms with E-state index in [0.717, 1.165) is 32.8 Å². The summed E-state index contributed by atoms with van der Waals surface area (Å²) in [6, 6.07) is 0.656. The van der Waals surface area contributed by atoms with Gasteiger partial charge >= 0.3 is 0 Å². The molecule has 0 aromatic rings. The zero-order valence-electron chi connectivity index (χ0n) is 11.6. The van der Waals surface area contributed by atoms with Crippen LogP contribution in [0.3, 0.4) is 0 Å². The first kappa shape index (κ1) is 15.9. The summed E-state index contributed by atoms with van der Waals surface area (Å²) in [6.07, 6.45) is 3.75. The van der Waals surface area contributed by atoms with Gasteiger partial charge in [-0.2, -0.15) is 0 Å². The SMILES string of the molecule is CCCNCCCC(C)N(C)CCOCC. The normalized spacial score (nSPS) is 13.3. The minimum absolute atomic E-state index is 0.656. The van der Waals surface area contributed by atoms with Gasteiger partial charge in [0.05, 0.1) is 6.61 Å². The molecule has 0 rings (SSSR count). The highest BCUT2D eigenvalue weighted by Crippen LogP contribution is 2.03. The van der Waals surface area contributed by atoms with Gasteiger partial charge in [-0.1, -0.05) is 6.92 Å². The Morgan fingerprint density at radius 2 is 2.00 bits per heavy atom. The summed E-state index contributed by atoms with van der Waals surface area (Å²) in [5.41, 5.74) is 0. The van der Waals surface area contributed by atoms with Crippen molar-refractivity contribution >= 4 is 0 Å². The predicted octanol–water partition coefficient (Wildman–Crippen LogP) is 2.12. The third-order valence-electron chi connectivity index (χ3n) is 2.95. The van der Waals surface area contributed by atoms with Crippen molar-refractivity contribution in [2.24, 2.45) is 0 Å². The van der Waals surface area contributed by atoms with E-state index in [1.54, 1.807) is 0 Å². The monoisotopic (exact) mass is 230 g/mol. The lowest BCUT2D eigenvalue weighted by atomic mass is 10.1. The van der Waals surface area contributed by atoms with Crippen LogP contribution in [0.2, 0.25) is 0 Å². The van der Waals surface area contributed by atoms with Gasteiger partial charge < -0.3 is 15.0 Å². The quantitative estimate of drug-likeness (QED) is 0.550. The zero-order valence-corrected chi connectivity index (χ0v) is 11.6. The Morgan fingerprint density at radius 3 is 2.62 bits per heavy atom. The number of hydrogen-bond acceptors (Lipinski definition) is 3. The average Bonchev–Trinajstić information content (AvgIpc) is 2.28. The van der Waals surface area contributed by atoms with E-state index < -0.39 is 0 Å². The maximum Gasteiger partial charge on any atom is 0.0593 e. The second-order valence-corrected chi connectivity index (χ2v) is 4.42. The third-order valence-corrected chi connectivity index (χ3v) is 2.95. The number of rotatable bonds is 11. The number of likely N-dealkylation sites (N-methyl/N-ethyl adjacent to an activating group) is 1. The summed E-state index contributed by atoms with van der Waals surface area (Å²) < 4.78 is 5.36. The molecule has 0 saturated heterocycles. The summed E-state index contributed by atoms with van der Waals surface area (Å²) in [6.45, 7) is 11.6. The van der Waals surface area contributed by atoms with Crippen molar-refractivity contribution in [3.8, 4) is 0 Å². The van der Waals surface area contributed by atoms with E-state index in [1.165, 1.54) is 19.3 Å². The molecular weight excluding hydrogens is 200 g/mol. The van der Waals surface area contributed by atoms with Crippen molar-refractivity contribution in [1.29, 1.82) is 0 Å².